The van der Waals surface area contributed by atoms with Gasteiger partial charge in [-0.25, -0.2) is 0 Å². The quantitative estimate of drug-likeness (QED) is 0.875. The fraction of sp³-hybridized carbons (Fsp3) is 0.611. The predicted octanol–water partition coefficient (Wildman–Crippen LogP) is 3.10. The number of nitrogens with one attached hydrogen (secondary N) is 2. The van der Waals surface area contributed by atoms with E-state index in [1.807, 2.05) is 25.2 Å². The van der Waals surface area contributed by atoms with Crippen LogP contribution in [0.2, 0.25) is 0 Å². The smallest absolute Gasteiger partial charge is 0.238 e. The molecule has 0 spiro atoms. The van der Waals surface area contributed by atoms with Crippen LogP contribution in [0.3, 0.4) is 0 Å². The number of hydrogen-bond donors (Lipinski definition) is 2. The summed E-state index contributed by atoms with van der Waals surface area (Å²) in [5.41, 5.74) is 0.922. The first-order valence-corrected chi connectivity index (χ1v) is 7.64. The molecule has 1 aromatic rings. The van der Waals surface area contributed by atoms with Crippen LogP contribution in [0, 0.1) is 5.41 Å². The van der Waals surface area contributed by atoms with Crippen molar-refractivity contribution in [2.75, 3.05) is 7.05 Å². The van der Waals surface area contributed by atoms with Crippen LogP contribution >= 0.6 is 0 Å². The zero-order valence-electron chi connectivity index (χ0n) is 14.4. The molecular weight excluding hydrogens is 260 g/mol. The molecule has 0 saturated heterocycles. The fourth-order valence-electron chi connectivity index (χ4n) is 2.37. The molecule has 0 bridgehead atoms. The summed E-state index contributed by atoms with van der Waals surface area (Å²) >= 11 is 0. The molecule has 2 N–H and O–H groups in total. The lowest BCUT2D eigenvalue weighted by atomic mass is 9.77. The number of benzene rings is 1. The Morgan fingerprint density at radius 1 is 1.05 bits per heavy atom. The average molecular weight is 290 g/mol. The Labute approximate surface area is 129 Å². The van der Waals surface area contributed by atoms with E-state index in [2.05, 4.69) is 64.3 Å². The van der Waals surface area contributed by atoms with Crippen molar-refractivity contribution in [1.29, 1.82) is 0 Å². The van der Waals surface area contributed by atoms with Gasteiger partial charge in [0.05, 0.1) is 6.04 Å². The van der Waals surface area contributed by atoms with E-state index in [0.717, 1.165) is 5.56 Å². The van der Waals surface area contributed by atoms with E-state index >= 15 is 0 Å². The van der Waals surface area contributed by atoms with E-state index in [4.69, 9.17) is 0 Å². The van der Waals surface area contributed by atoms with Gasteiger partial charge in [-0.3, -0.25) is 4.79 Å². The summed E-state index contributed by atoms with van der Waals surface area (Å²) in [5.74, 6) is 0.0498. The molecule has 0 fully saturated rings. The molecule has 0 heterocycles. The Kier molecular flexibility index (Phi) is 5.57. The maximum atomic E-state index is 12.7. The highest BCUT2D eigenvalue weighted by atomic mass is 16.2. The van der Waals surface area contributed by atoms with E-state index in [0.29, 0.717) is 0 Å². The van der Waals surface area contributed by atoms with Gasteiger partial charge in [-0.1, -0.05) is 65.0 Å². The highest BCUT2D eigenvalue weighted by Crippen LogP contribution is 2.28. The summed E-state index contributed by atoms with van der Waals surface area (Å²) in [4.78, 5) is 12.7. The molecule has 0 aromatic heterocycles. The Balaban J connectivity index is 2.94. The zero-order valence-corrected chi connectivity index (χ0v) is 14.4. The molecule has 1 aromatic carbocycles. The van der Waals surface area contributed by atoms with Gasteiger partial charge in [0.2, 0.25) is 5.91 Å². The van der Waals surface area contributed by atoms with Crippen molar-refractivity contribution in [1.82, 2.24) is 10.6 Å². The van der Waals surface area contributed by atoms with Crippen LogP contribution in [-0.2, 0) is 10.2 Å². The summed E-state index contributed by atoms with van der Waals surface area (Å²) in [7, 11) is 1.84. The van der Waals surface area contributed by atoms with E-state index in [9.17, 15) is 4.79 Å². The average Bonchev–Trinajstić information content (AvgIpc) is 2.39. The van der Waals surface area contributed by atoms with Crippen LogP contribution in [0.4, 0.5) is 0 Å². The van der Waals surface area contributed by atoms with E-state index < -0.39 is 0 Å². The summed E-state index contributed by atoms with van der Waals surface area (Å²) in [6.07, 6.45) is 0. The minimum absolute atomic E-state index is 0.0465. The zero-order chi connectivity index (χ0) is 16.3. The van der Waals surface area contributed by atoms with Crippen LogP contribution in [0.5, 0.6) is 0 Å². The lowest BCUT2D eigenvalue weighted by Crippen LogP contribution is -2.56. The molecule has 1 rings (SSSR count). The van der Waals surface area contributed by atoms with E-state index in [1.165, 1.54) is 0 Å². The standard InChI is InChI=1S/C18H30N2O/c1-13(17(2,3)4)20-16(21)15(19-7)18(5,6)14-11-9-8-10-12-14/h8-13,15,19H,1-7H3,(H,20,21). The molecule has 0 aliphatic heterocycles. The second-order valence-electron chi connectivity index (χ2n) is 7.41. The van der Waals surface area contributed by atoms with Gasteiger partial charge in [0.1, 0.15) is 0 Å². The first kappa shape index (κ1) is 17.7. The van der Waals surface area contributed by atoms with Crippen molar-refractivity contribution in [2.24, 2.45) is 5.41 Å². The summed E-state index contributed by atoms with van der Waals surface area (Å²) < 4.78 is 0. The number of rotatable bonds is 5. The van der Waals surface area contributed by atoms with Crippen molar-refractivity contribution < 1.29 is 4.79 Å². The van der Waals surface area contributed by atoms with Gasteiger partial charge < -0.3 is 10.6 Å². The minimum atomic E-state index is -0.280. The summed E-state index contributed by atoms with van der Waals surface area (Å²) in [6.45, 7) is 12.7. The summed E-state index contributed by atoms with van der Waals surface area (Å²) in [6, 6.07) is 10.0. The molecule has 0 aliphatic rings. The highest BCUT2D eigenvalue weighted by Gasteiger charge is 2.36. The third-order valence-electron chi connectivity index (χ3n) is 4.45. The topological polar surface area (TPSA) is 41.1 Å². The van der Waals surface area contributed by atoms with E-state index in [-0.39, 0.29) is 28.8 Å². The maximum absolute atomic E-state index is 12.7. The van der Waals surface area contributed by atoms with Gasteiger partial charge >= 0.3 is 0 Å². The Bertz CT molecular complexity index is 460. The predicted molar refractivity (Wildman–Crippen MR) is 89.4 cm³/mol. The largest absolute Gasteiger partial charge is 0.352 e. The molecular formula is C18H30N2O. The molecule has 3 heteroatoms. The fourth-order valence-corrected chi connectivity index (χ4v) is 2.37. The minimum Gasteiger partial charge on any atom is -0.352 e. The number of carbonyl (C=O) groups excluding carboxylic acids is 1. The lowest BCUT2D eigenvalue weighted by molar-refractivity contribution is -0.125. The van der Waals surface area contributed by atoms with E-state index in [1.54, 1.807) is 0 Å². The Hall–Kier alpha value is -1.35. The molecule has 0 saturated carbocycles. The van der Waals surface area contributed by atoms with Gasteiger partial charge in [-0.05, 0) is 24.9 Å². The molecule has 3 nitrogen and oxygen atoms in total. The lowest BCUT2D eigenvalue weighted by Gasteiger charge is -2.36. The summed E-state index contributed by atoms with van der Waals surface area (Å²) in [5, 5.41) is 6.33. The molecule has 1 amide bonds. The first-order valence-electron chi connectivity index (χ1n) is 7.64. The number of carbonyl (C=O) groups is 1. The monoisotopic (exact) mass is 290 g/mol. The number of amides is 1. The third-order valence-corrected chi connectivity index (χ3v) is 4.45. The van der Waals surface area contributed by atoms with Crippen molar-refractivity contribution in [3.63, 3.8) is 0 Å². The molecule has 0 radical (unpaired) electrons. The van der Waals surface area contributed by atoms with Gasteiger partial charge in [0.15, 0.2) is 0 Å². The third kappa shape index (κ3) is 4.31. The molecule has 2 unspecified atom stereocenters. The molecule has 0 aliphatic carbocycles. The van der Waals surface area contributed by atoms with Gasteiger partial charge in [0, 0.05) is 11.5 Å². The second-order valence-corrected chi connectivity index (χ2v) is 7.41. The SMILES string of the molecule is CNC(C(=O)NC(C)C(C)(C)C)C(C)(C)c1ccccc1. The van der Waals surface area contributed by atoms with Crippen molar-refractivity contribution >= 4 is 5.91 Å². The number of likely N-dealkylation sites (N-methyl/N-ethyl adjacent to an activating group) is 1. The van der Waals surface area contributed by atoms with Crippen molar-refractivity contribution in [3.8, 4) is 0 Å². The van der Waals surface area contributed by atoms with Crippen LogP contribution in [-0.4, -0.2) is 25.0 Å². The molecule has 21 heavy (non-hydrogen) atoms. The highest BCUT2D eigenvalue weighted by molar-refractivity contribution is 5.84. The van der Waals surface area contributed by atoms with Crippen molar-refractivity contribution in [3.05, 3.63) is 35.9 Å². The van der Waals surface area contributed by atoms with Crippen molar-refractivity contribution in [2.45, 2.75) is 59.0 Å². The van der Waals surface area contributed by atoms with Crippen LogP contribution < -0.4 is 10.6 Å². The van der Waals surface area contributed by atoms with Crippen LogP contribution in [0.15, 0.2) is 30.3 Å². The maximum Gasteiger partial charge on any atom is 0.238 e. The Morgan fingerprint density at radius 3 is 2.00 bits per heavy atom. The second kappa shape index (κ2) is 6.61. The van der Waals surface area contributed by atoms with Gasteiger partial charge in [-0.15, -0.1) is 0 Å². The Morgan fingerprint density at radius 2 is 1.57 bits per heavy atom. The first-order chi connectivity index (χ1) is 9.60. The number of hydrogen-bond acceptors (Lipinski definition) is 2. The van der Waals surface area contributed by atoms with Crippen LogP contribution in [0.25, 0.3) is 0 Å². The van der Waals surface area contributed by atoms with Gasteiger partial charge in [0.25, 0.3) is 0 Å². The molecule has 2 atom stereocenters. The molecule has 118 valence electrons. The van der Waals surface area contributed by atoms with Crippen LogP contribution in [0.1, 0.15) is 47.1 Å². The van der Waals surface area contributed by atoms with Gasteiger partial charge in [-0.2, -0.15) is 0 Å². The normalized spacial score (nSPS) is 15.4.